The van der Waals surface area contributed by atoms with Gasteiger partial charge in [-0.05, 0) is 44.4 Å². The minimum absolute atomic E-state index is 0.277. The summed E-state index contributed by atoms with van der Waals surface area (Å²) in [4.78, 5) is 14.2. The first kappa shape index (κ1) is 17.1. The molecule has 0 N–H and O–H groups in total. The van der Waals surface area contributed by atoms with Gasteiger partial charge in [0.2, 0.25) is 0 Å². The van der Waals surface area contributed by atoms with Crippen LogP contribution in [0.1, 0.15) is 31.9 Å². The van der Waals surface area contributed by atoms with Gasteiger partial charge in [-0.15, -0.1) is 0 Å². The molecule has 0 bridgehead atoms. The highest BCUT2D eigenvalue weighted by Crippen LogP contribution is 2.13. The van der Waals surface area contributed by atoms with Gasteiger partial charge in [-0.1, -0.05) is 54.6 Å². The van der Waals surface area contributed by atoms with Gasteiger partial charge in [-0.25, -0.2) is 4.79 Å². The number of nitrogens with zero attached hydrogens (tertiary/aromatic N) is 1. The molecule has 0 saturated carbocycles. The lowest BCUT2D eigenvalue weighted by Gasteiger charge is -2.27. The van der Waals surface area contributed by atoms with Crippen molar-refractivity contribution in [3.63, 3.8) is 0 Å². The number of hydrogen-bond donors (Lipinski definition) is 0. The topological polar surface area (TPSA) is 29.5 Å². The van der Waals surface area contributed by atoms with E-state index in [2.05, 4.69) is 6.07 Å². The molecule has 2 aromatic carbocycles. The van der Waals surface area contributed by atoms with Crippen LogP contribution in [0.2, 0.25) is 0 Å². The van der Waals surface area contributed by atoms with E-state index in [9.17, 15) is 4.79 Å². The third kappa shape index (κ3) is 6.15. The molecule has 0 aliphatic carbocycles. The highest BCUT2D eigenvalue weighted by atomic mass is 16.6. The predicted molar refractivity (Wildman–Crippen MR) is 92.1 cm³/mol. The third-order valence-electron chi connectivity index (χ3n) is 3.31. The second kappa shape index (κ2) is 7.82. The Kier molecular flexibility index (Phi) is 5.80. The van der Waals surface area contributed by atoms with Gasteiger partial charge in [-0.3, -0.25) is 0 Å². The molecule has 23 heavy (non-hydrogen) atoms. The molecule has 0 aliphatic rings. The van der Waals surface area contributed by atoms with Crippen LogP contribution in [-0.4, -0.2) is 23.1 Å². The second-order valence-corrected chi connectivity index (χ2v) is 6.55. The van der Waals surface area contributed by atoms with Crippen molar-refractivity contribution in [1.29, 1.82) is 0 Å². The van der Waals surface area contributed by atoms with Crippen LogP contribution in [-0.2, 0) is 17.7 Å². The molecule has 0 aromatic heterocycles. The van der Waals surface area contributed by atoms with E-state index in [4.69, 9.17) is 4.74 Å². The van der Waals surface area contributed by atoms with Gasteiger partial charge < -0.3 is 9.64 Å². The second-order valence-electron chi connectivity index (χ2n) is 6.55. The molecular formula is C20H24NO2. The maximum atomic E-state index is 12.5. The summed E-state index contributed by atoms with van der Waals surface area (Å²) in [5, 5.41) is 0. The van der Waals surface area contributed by atoms with E-state index in [1.807, 2.05) is 75.4 Å². The van der Waals surface area contributed by atoms with Crippen LogP contribution in [0.15, 0.2) is 54.6 Å². The molecule has 0 spiro atoms. The Balaban J connectivity index is 2.05. The van der Waals surface area contributed by atoms with Crippen molar-refractivity contribution in [2.45, 2.75) is 39.3 Å². The highest BCUT2D eigenvalue weighted by molar-refractivity contribution is 5.68. The van der Waals surface area contributed by atoms with Gasteiger partial charge in [0.05, 0.1) is 0 Å². The Morgan fingerprint density at radius 1 is 1.09 bits per heavy atom. The summed E-state index contributed by atoms with van der Waals surface area (Å²) in [5.74, 6) is 0. The number of benzene rings is 2. The van der Waals surface area contributed by atoms with Gasteiger partial charge >= 0.3 is 6.09 Å². The average Bonchev–Trinajstić information content (AvgIpc) is 2.51. The summed E-state index contributed by atoms with van der Waals surface area (Å²) in [6, 6.07) is 20.9. The molecule has 121 valence electrons. The fraction of sp³-hybridized carbons (Fsp3) is 0.350. The van der Waals surface area contributed by atoms with Crippen molar-refractivity contribution in [2.24, 2.45) is 0 Å². The lowest BCUT2D eigenvalue weighted by molar-refractivity contribution is 0.0236. The first-order valence-electron chi connectivity index (χ1n) is 7.91. The number of carbonyl (C=O) groups is 1. The minimum atomic E-state index is -0.494. The van der Waals surface area contributed by atoms with Crippen molar-refractivity contribution in [1.82, 2.24) is 4.90 Å². The highest BCUT2D eigenvalue weighted by Gasteiger charge is 2.22. The quantitative estimate of drug-likeness (QED) is 0.815. The van der Waals surface area contributed by atoms with E-state index in [-0.39, 0.29) is 6.09 Å². The van der Waals surface area contributed by atoms with Crippen LogP contribution in [0.5, 0.6) is 0 Å². The Hall–Kier alpha value is -2.29. The minimum Gasteiger partial charge on any atom is -0.444 e. The van der Waals surface area contributed by atoms with E-state index in [1.165, 1.54) is 0 Å². The zero-order chi connectivity index (χ0) is 16.7. The largest absolute Gasteiger partial charge is 0.444 e. The van der Waals surface area contributed by atoms with Crippen molar-refractivity contribution < 1.29 is 9.53 Å². The summed E-state index contributed by atoms with van der Waals surface area (Å²) in [7, 11) is 0. The van der Waals surface area contributed by atoms with Crippen molar-refractivity contribution in [2.75, 3.05) is 6.54 Å². The van der Waals surface area contributed by atoms with E-state index >= 15 is 0 Å². The SMILES string of the molecule is CC(C)(C)OC(=O)N(CCc1c[c]ccc1)Cc1ccccc1. The maximum absolute atomic E-state index is 12.5. The number of ether oxygens (including phenoxy) is 1. The van der Waals surface area contributed by atoms with Gasteiger partial charge in [-0.2, -0.15) is 0 Å². The molecule has 0 heterocycles. The molecule has 2 aromatic rings. The van der Waals surface area contributed by atoms with Crippen LogP contribution in [0.3, 0.4) is 0 Å². The van der Waals surface area contributed by atoms with Crippen LogP contribution < -0.4 is 0 Å². The van der Waals surface area contributed by atoms with Crippen molar-refractivity contribution in [3.05, 3.63) is 71.8 Å². The Bertz CT molecular complexity index is 603. The van der Waals surface area contributed by atoms with E-state index in [1.54, 1.807) is 4.90 Å². The molecule has 3 heteroatoms. The van der Waals surface area contributed by atoms with Gasteiger partial charge in [0.1, 0.15) is 5.60 Å². The van der Waals surface area contributed by atoms with Crippen LogP contribution >= 0.6 is 0 Å². The monoisotopic (exact) mass is 310 g/mol. The number of amides is 1. The molecule has 1 amide bonds. The summed E-state index contributed by atoms with van der Waals surface area (Å²) < 4.78 is 5.54. The van der Waals surface area contributed by atoms with E-state index < -0.39 is 5.60 Å². The van der Waals surface area contributed by atoms with Crippen LogP contribution in [0.25, 0.3) is 0 Å². The Morgan fingerprint density at radius 2 is 1.78 bits per heavy atom. The molecule has 0 saturated heterocycles. The number of hydrogen-bond acceptors (Lipinski definition) is 2. The zero-order valence-corrected chi connectivity index (χ0v) is 14.1. The molecule has 3 nitrogen and oxygen atoms in total. The first-order chi connectivity index (χ1) is 10.9. The molecule has 0 atom stereocenters. The Labute approximate surface area is 138 Å². The summed E-state index contributed by atoms with van der Waals surface area (Å²) >= 11 is 0. The van der Waals surface area contributed by atoms with Crippen LogP contribution in [0.4, 0.5) is 4.79 Å². The maximum Gasteiger partial charge on any atom is 0.410 e. The molecule has 0 fully saturated rings. The molecule has 0 unspecified atom stereocenters. The lowest BCUT2D eigenvalue weighted by atomic mass is 10.1. The summed E-state index contributed by atoms with van der Waals surface area (Å²) in [5.41, 5.74) is 1.76. The third-order valence-corrected chi connectivity index (χ3v) is 3.31. The number of carbonyl (C=O) groups excluding carboxylic acids is 1. The number of rotatable bonds is 5. The van der Waals surface area contributed by atoms with E-state index in [0.29, 0.717) is 13.1 Å². The summed E-state index contributed by atoms with van der Waals surface area (Å²) in [6.45, 7) is 6.82. The standard InChI is InChI=1S/C20H24NO2/c1-20(2,3)23-19(22)21(16-18-12-8-5-9-13-18)15-14-17-10-6-4-7-11-17/h4-6,8-13H,14-16H2,1-3H3. The normalized spacial score (nSPS) is 11.1. The molecule has 2 rings (SSSR count). The van der Waals surface area contributed by atoms with Crippen molar-refractivity contribution >= 4 is 6.09 Å². The molecule has 0 aliphatic heterocycles. The smallest absolute Gasteiger partial charge is 0.410 e. The zero-order valence-electron chi connectivity index (χ0n) is 14.1. The van der Waals surface area contributed by atoms with Gasteiger partial charge in [0, 0.05) is 13.1 Å². The van der Waals surface area contributed by atoms with Crippen molar-refractivity contribution in [3.8, 4) is 0 Å². The fourth-order valence-electron chi connectivity index (χ4n) is 2.22. The lowest BCUT2D eigenvalue weighted by Crippen LogP contribution is -2.37. The Morgan fingerprint density at radius 3 is 2.39 bits per heavy atom. The predicted octanol–water partition coefficient (Wildman–Crippen LogP) is 4.47. The van der Waals surface area contributed by atoms with Gasteiger partial charge in [0.25, 0.3) is 0 Å². The fourth-order valence-corrected chi connectivity index (χ4v) is 2.22. The first-order valence-corrected chi connectivity index (χ1v) is 7.91. The average molecular weight is 310 g/mol. The van der Waals surface area contributed by atoms with Crippen LogP contribution in [0, 0.1) is 6.07 Å². The molecular weight excluding hydrogens is 286 g/mol. The van der Waals surface area contributed by atoms with E-state index in [0.717, 1.165) is 17.5 Å². The molecule has 1 radical (unpaired) electrons. The van der Waals surface area contributed by atoms with Gasteiger partial charge in [0.15, 0.2) is 0 Å². The summed E-state index contributed by atoms with van der Waals surface area (Å²) in [6.07, 6.45) is 0.505.